The quantitative estimate of drug-likeness (QED) is 0.342. The minimum Gasteiger partial charge on any atom is -0.272 e. The van der Waals surface area contributed by atoms with Crippen LogP contribution < -0.4 is 5.43 Å². The lowest BCUT2D eigenvalue weighted by Crippen LogP contribution is -2.02. The number of nitro benzene ring substituents is 2. The maximum absolute atomic E-state index is 11.1. The Morgan fingerprint density at radius 1 is 1.12 bits per heavy atom. The molecular weight excluding hydrogens is 360 g/mol. The van der Waals surface area contributed by atoms with Crippen molar-refractivity contribution in [1.82, 2.24) is 0 Å². The van der Waals surface area contributed by atoms with Gasteiger partial charge in [-0.25, -0.2) is 0 Å². The smallest absolute Gasteiger partial charge is 0.272 e. The zero-order valence-corrected chi connectivity index (χ0v) is 15.2. The fraction of sp³-hybridized carbons (Fsp3) is 0.235. The molecule has 0 radical (unpaired) electrons. The second-order valence-corrected chi connectivity index (χ2v) is 6.01. The molecule has 2 aromatic rings. The molecule has 0 aliphatic rings. The average Bonchev–Trinajstić information content (AvgIpc) is 2.57. The Morgan fingerprint density at radius 3 is 2.38 bits per heavy atom. The molecule has 2 rings (SSSR count). The van der Waals surface area contributed by atoms with Crippen molar-refractivity contribution in [3.8, 4) is 0 Å². The topological polar surface area (TPSA) is 111 Å². The van der Waals surface area contributed by atoms with E-state index in [2.05, 4.69) is 10.5 Å². The van der Waals surface area contributed by atoms with Crippen LogP contribution in [0.25, 0.3) is 0 Å². The summed E-state index contributed by atoms with van der Waals surface area (Å²) in [6.07, 6.45) is 1.56. The summed E-state index contributed by atoms with van der Waals surface area (Å²) in [6, 6.07) is 5.33. The van der Waals surface area contributed by atoms with Gasteiger partial charge in [0.15, 0.2) is 0 Å². The van der Waals surface area contributed by atoms with E-state index in [0.29, 0.717) is 5.88 Å². The van der Waals surface area contributed by atoms with Crippen LogP contribution in [0.15, 0.2) is 29.4 Å². The highest BCUT2D eigenvalue weighted by Gasteiger charge is 2.19. The summed E-state index contributed by atoms with van der Waals surface area (Å²) in [5, 5.41) is 26.0. The molecule has 0 saturated heterocycles. The SMILES string of the molecule is Cc1cc(C)c(CCl)c(C)c1/C=N/Nc1ccc([N+](=O)[O-])cc1[N+](=O)[O-]. The van der Waals surface area contributed by atoms with Crippen LogP contribution in [0.2, 0.25) is 0 Å². The maximum Gasteiger partial charge on any atom is 0.301 e. The molecule has 0 aliphatic carbocycles. The highest BCUT2D eigenvalue weighted by Crippen LogP contribution is 2.29. The summed E-state index contributed by atoms with van der Waals surface area (Å²) in [7, 11) is 0. The number of nitrogens with zero attached hydrogens (tertiary/aromatic N) is 3. The maximum atomic E-state index is 11.1. The molecule has 2 aromatic carbocycles. The molecule has 0 fully saturated rings. The molecule has 0 saturated carbocycles. The first-order valence-corrected chi connectivity index (χ1v) is 8.17. The number of rotatable bonds is 6. The van der Waals surface area contributed by atoms with Crippen LogP contribution in [0.3, 0.4) is 0 Å². The average molecular weight is 377 g/mol. The molecule has 0 atom stereocenters. The van der Waals surface area contributed by atoms with Gasteiger partial charge in [-0.2, -0.15) is 5.10 Å². The fourth-order valence-electron chi connectivity index (χ4n) is 2.69. The molecule has 0 heterocycles. The molecule has 1 N–H and O–H groups in total. The Balaban J connectivity index is 2.35. The van der Waals surface area contributed by atoms with Gasteiger partial charge in [0.1, 0.15) is 5.69 Å². The molecular formula is C17H17ClN4O4. The van der Waals surface area contributed by atoms with Crippen LogP contribution in [0.4, 0.5) is 17.1 Å². The highest BCUT2D eigenvalue weighted by molar-refractivity contribution is 6.17. The minimum absolute atomic E-state index is 0.0665. The first-order valence-electron chi connectivity index (χ1n) is 7.63. The van der Waals surface area contributed by atoms with E-state index in [4.69, 9.17) is 11.6 Å². The van der Waals surface area contributed by atoms with Gasteiger partial charge in [-0.05, 0) is 49.1 Å². The van der Waals surface area contributed by atoms with Crippen LogP contribution in [-0.2, 0) is 5.88 Å². The summed E-state index contributed by atoms with van der Waals surface area (Å²) >= 11 is 6.00. The van der Waals surface area contributed by atoms with E-state index in [1.807, 2.05) is 26.8 Å². The molecule has 0 amide bonds. The van der Waals surface area contributed by atoms with Crippen molar-refractivity contribution < 1.29 is 9.85 Å². The van der Waals surface area contributed by atoms with Crippen molar-refractivity contribution in [1.29, 1.82) is 0 Å². The predicted octanol–water partition coefficient (Wildman–Crippen LogP) is 4.61. The Labute approximate surface area is 154 Å². The fourth-order valence-corrected chi connectivity index (χ4v) is 3.10. The first-order chi connectivity index (χ1) is 12.3. The van der Waals surface area contributed by atoms with Gasteiger partial charge in [0.2, 0.25) is 0 Å². The largest absolute Gasteiger partial charge is 0.301 e. The molecule has 9 heteroatoms. The number of hydrogen-bond acceptors (Lipinski definition) is 6. The van der Waals surface area contributed by atoms with E-state index in [9.17, 15) is 20.2 Å². The van der Waals surface area contributed by atoms with E-state index >= 15 is 0 Å². The predicted molar refractivity (Wildman–Crippen MR) is 101 cm³/mol. The number of non-ortho nitro benzene ring substituents is 1. The standard InChI is InChI=1S/C17H17ClN4O4/c1-10-6-11(2)15(12(3)14(10)8-18)9-19-20-16-5-4-13(21(23)24)7-17(16)22(25)26/h4-7,9,20H,8H2,1-3H3/b19-9+. The van der Waals surface area contributed by atoms with E-state index in [-0.39, 0.29) is 11.4 Å². The first kappa shape index (κ1) is 19.3. The molecule has 0 aliphatic heterocycles. The van der Waals surface area contributed by atoms with Gasteiger partial charge < -0.3 is 0 Å². The van der Waals surface area contributed by atoms with Crippen molar-refractivity contribution in [2.45, 2.75) is 26.7 Å². The minimum atomic E-state index is -0.696. The number of aryl methyl sites for hydroxylation is 2. The highest BCUT2D eigenvalue weighted by atomic mass is 35.5. The van der Waals surface area contributed by atoms with Gasteiger partial charge in [0, 0.05) is 17.5 Å². The van der Waals surface area contributed by atoms with Crippen LogP contribution in [0.1, 0.15) is 27.8 Å². The van der Waals surface area contributed by atoms with Crippen molar-refractivity contribution >= 4 is 34.9 Å². The van der Waals surface area contributed by atoms with Gasteiger partial charge in [-0.3, -0.25) is 25.7 Å². The Morgan fingerprint density at radius 2 is 1.81 bits per heavy atom. The third-order valence-electron chi connectivity index (χ3n) is 4.09. The zero-order valence-electron chi connectivity index (χ0n) is 14.4. The Kier molecular flexibility index (Phi) is 5.89. The van der Waals surface area contributed by atoms with E-state index in [1.165, 1.54) is 12.1 Å². The van der Waals surface area contributed by atoms with E-state index < -0.39 is 15.5 Å². The summed E-state index contributed by atoms with van der Waals surface area (Å²) in [6.45, 7) is 5.86. The molecule has 8 nitrogen and oxygen atoms in total. The number of hydrogen-bond donors (Lipinski definition) is 1. The number of hydrazone groups is 1. The molecule has 0 spiro atoms. The van der Waals surface area contributed by atoms with Crippen molar-refractivity contribution in [2.24, 2.45) is 5.10 Å². The molecule has 136 valence electrons. The third kappa shape index (κ3) is 3.97. The van der Waals surface area contributed by atoms with Crippen molar-refractivity contribution in [3.63, 3.8) is 0 Å². The van der Waals surface area contributed by atoms with Gasteiger partial charge in [0.25, 0.3) is 5.69 Å². The van der Waals surface area contributed by atoms with Crippen LogP contribution in [-0.4, -0.2) is 16.1 Å². The lowest BCUT2D eigenvalue weighted by molar-refractivity contribution is -0.393. The summed E-state index contributed by atoms with van der Waals surface area (Å²) < 4.78 is 0. The number of nitrogens with one attached hydrogen (secondary N) is 1. The van der Waals surface area contributed by atoms with Crippen molar-refractivity contribution in [2.75, 3.05) is 5.43 Å². The molecule has 0 aromatic heterocycles. The number of anilines is 1. The van der Waals surface area contributed by atoms with Gasteiger partial charge in [-0.1, -0.05) is 6.07 Å². The van der Waals surface area contributed by atoms with Gasteiger partial charge >= 0.3 is 5.69 Å². The Hall–Kier alpha value is -3.00. The van der Waals surface area contributed by atoms with E-state index in [1.54, 1.807) is 6.21 Å². The monoisotopic (exact) mass is 376 g/mol. The number of alkyl halides is 1. The lowest BCUT2D eigenvalue weighted by Gasteiger charge is -2.13. The molecule has 0 unspecified atom stereocenters. The number of nitro groups is 2. The van der Waals surface area contributed by atoms with Crippen molar-refractivity contribution in [3.05, 3.63) is 72.3 Å². The summed E-state index contributed by atoms with van der Waals surface area (Å²) in [5.74, 6) is 0.375. The zero-order chi connectivity index (χ0) is 19.4. The number of benzene rings is 2. The Bertz CT molecular complexity index is 912. The van der Waals surface area contributed by atoms with Gasteiger partial charge in [-0.15, -0.1) is 11.6 Å². The van der Waals surface area contributed by atoms with Gasteiger partial charge in [0.05, 0.1) is 22.1 Å². The lowest BCUT2D eigenvalue weighted by atomic mass is 9.95. The van der Waals surface area contributed by atoms with Crippen LogP contribution in [0.5, 0.6) is 0 Å². The normalized spacial score (nSPS) is 10.9. The number of halogens is 1. The summed E-state index contributed by atoms with van der Waals surface area (Å²) in [4.78, 5) is 20.5. The second kappa shape index (κ2) is 7.92. The van der Waals surface area contributed by atoms with E-state index in [0.717, 1.165) is 33.9 Å². The van der Waals surface area contributed by atoms with Crippen LogP contribution in [0, 0.1) is 41.0 Å². The second-order valence-electron chi connectivity index (χ2n) is 5.75. The third-order valence-corrected chi connectivity index (χ3v) is 4.36. The molecule has 26 heavy (non-hydrogen) atoms. The summed E-state index contributed by atoms with van der Waals surface area (Å²) in [5.41, 5.74) is 6.83. The molecule has 0 bridgehead atoms. The van der Waals surface area contributed by atoms with Crippen LogP contribution >= 0.6 is 11.6 Å².